The van der Waals surface area contributed by atoms with E-state index in [1.54, 1.807) is 6.07 Å². The van der Waals surface area contributed by atoms with E-state index in [1.807, 2.05) is 0 Å². The van der Waals surface area contributed by atoms with Gasteiger partial charge < -0.3 is 26.3 Å². The number of rotatable bonds is 6. The zero-order valence-electron chi connectivity index (χ0n) is 8.97. The molecule has 0 aliphatic rings. The van der Waals surface area contributed by atoms with Crippen LogP contribution in [0.3, 0.4) is 0 Å². The van der Waals surface area contributed by atoms with Crippen LogP contribution >= 0.6 is 0 Å². The molecule has 0 aliphatic carbocycles. The monoisotopic (exact) mass is 228 g/mol. The summed E-state index contributed by atoms with van der Waals surface area (Å²) in [6, 6.07) is 1.58. The molecule has 0 spiro atoms. The van der Waals surface area contributed by atoms with Gasteiger partial charge in [0, 0.05) is 19.7 Å². The first-order valence-electron chi connectivity index (χ1n) is 4.67. The Morgan fingerprint density at radius 3 is 2.81 bits per heavy atom. The van der Waals surface area contributed by atoms with Crippen LogP contribution in [0.5, 0.6) is 0 Å². The van der Waals surface area contributed by atoms with E-state index in [0.29, 0.717) is 18.2 Å². The highest BCUT2D eigenvalue weighted by molar-refractivity contribution is 5.50. The Balaban J connectivity index is 2.56. The number of anilines is 3. The molecule has 1 atom stereocenters. The topological polar surface area (TPSA) is 131 Å². The highest BCUT2D eigenvalue weighted by Gasteiger charge is 2.05. The van der Waals surface area contributed by atoms with Crippen LogP contribution in [-0.4, -0.2) is 41.4 Å². The Kier molecular flexibility index (Phi) is 4.70. The van der Waals surface area contributed by atoms with Crippen LogP contribution in [0.1, 0.15) is 0 Å². The van der Waals surface area contributed by atoms with E-state index in [9.17, 15) is 5.11 Å². The summed E-state index contributed by atoms with van der Waals surface area (Å²) in [5, 5.41) is 12.3. The maximum atomic E-state index is 9.40. The summed E-state index contributed by atoms with van der Waals surface area (Å²) in [5.41, 5.74) is 7.82. The number of aromatic nitrogens is 2. The molecule has 16 heavy (non-hydrogen) atoms. The Bertz CT molecular complexity index is 334. The Morgan fingerprint density at radius 2 is 2.19 bits per heavy atom. The molecule has 1 unspecified atom stereocenters. The van der Waals surface area contributed by atoms with Crippen LogP contribution in [0.15, 0.2) is 6.07 Å². The molecule has 0 amide bonds. The van der Waals surface area contributed by atoms with Gasteiger partial charge in [0.25, 0.3) is 0 Å². The van der Waals surface area contributed by atoms with E-state index in [2.05, 4.69) is 20.7 Å². The fourth-order valence-electron chi connectivity index (χ4n) is 1.10. The van der Waals surface area contributed by atoms with Gasteiger partial charge in [0.2, 0.25) is 5.95 Å². The van der Waals surface area contributed by atoms with Gasteiger partial charge in [-0.2, -0.15) is 9.97 Å². The first kappa shape index (κ1) is 12.4. The summed E-state index contributed by atoms with van der Waals surface area (Å²) in [6.45, 7) is 0.546. The minimum atomic E-state index is -0.615. The lowest BCUT2D eigenvalue weighted by Crippen LogP contribution is -2.24. The summed E-state index contributed by atoms with van der Waals surface area (Å²) in [7, 11) is 1.52. The molecule has 0 saturated carbocycles. The normalized spacial score (nSPS) is 12.2. The van der Waals surface area contributed by atoms with Crippen LogP contribution in [0.2, 0.25) is 0 Å². The van der Waals surface area contributed by atoms with Gasteiger partial charge in [-0.05, 0) is 0 Å². The van der Waals surface area contributed by atoms with E-state index in [4.69, 9.17) is 16.3 Å². The highest BCUT2D eigenvalue weighted by atomic mass is 16.5. The fourth-order valence-corrected chi connectivity index (χ4v) is 1.10. The molecular formula is C8H16N6O2. The molecule has 1 aromatic rings. The standard InChI is InChI=1S/C8H16N6O2/c1-16-4-5(15)3-11-6-2-7(14-10)13-8(9)12-6/h2,5,15H,3-4,10H2,1H3,(H4,9,11,12,13,14). The van der Waals surface area contributed by atoms with Crippen LogP contribution in [0.25, 0.3) is 0 Å². The molecular weight excluding hydrogens is 212 g/mol. The second-order valence-electron chi connectivity index (χ2n) is 3.13. The number of hydrazine groups is 1. The van der Waals surface area contributed by atoms with Crippen LogP contribution in [0, 0.1) is 0 Å². The summed E-state index contributed by atoms with van der Waals surface area (Å²) in [4.78, 5) is 7.74. The molecule has 1 rings (SSSR count). The van der Waals surface area contributed by atoms with Crippen molar-refractivity contribution in [3.8, 4) is 0 Å². The largest absolute Gasteiger partial charge is 0.389 e. The van der Waals surface area contributed by atoms with Crippen molar-refractivity contribution in [2.75, 3.05) is 36.7 Å². The number of aliphatic hydroxyl groups excluding tert-OH is 1. The SMILES string of the molecule is COCC(O)CNc1cc(NN)nc(N)n1. The third kappa shape index (κ3) is 3.85. The Hall–Kier alpha value is -1.64. The van der Waals surface area contributed by atoms with Gasteiger partial charge in [-0.15, -0.1) is 0 Å². The third-order valence-corrected chi connectivity index (χ3v) is 1.77. The molecule has 0 aromatic carbocycles. The first-order valence-corrected chi connectivity index (χ1v) is 4.67. The number of methoxy groups -OCH3 is 1. The average Bonchev–Trinajstić information content (AvgIpc) is 2.26. The van der Waals surface area contributed by atoms with Crippen molar-refractivity contribution in [3.63, 3.8) is 0 Å². The lowest BCUT2D eigenvalue weighted by Gasteiger charge is -2.12. The van der Waals surface area contributed by atoms with E-state index in [-0.39, 0.29) is 12.6 Å². The van der Waals surface area contributed by atoms with Crippen LogP contribution < -0.4 is 22.3 Å². The minimum absolute atomic E-state index is 0.0965. The van der Waals surface area contributed by atoms with E-state index in [1.165, 1.54) is 7.11 Å². The molecule has 0 radical (unpaired) electrons. The van der Waals surface area contributed by atoms with Crippen LogP contribution in [-0.2, 0) is 4.74 Å². The number of nitrogens with two attached hydrogens (primary N) is 2. The molecule has 8 nitrogen and oxygen atoms in total. The van der Waals surface area contributed by atoms with Gasteiger partial charge in [0.1, 0.15) is 11.6 Å². The van der Waals surface area contributed by atoms with Crippen molar-refractivity contribution >= 4 is 17.6 Å². The second-order valence-corrected chi connectivity index (χ2v) is 3.13. The summed E-state index contributed by atoms with van der Waals surface area (Å²) >= 11 is 0. The lowest BCUT2D eigenvalue weighted by molar-refractivity contribution is 0.0727. The predicted molar refractivity (Wildman–Crippen MR) is 60.6 cm³/mol. The Morgan fingerprint density at radius 1 is 1.50 bits per heavy atom. The van der Waals surface area contributed by atoms with Crippen LogP contribution in [0.4, 0.5) is 17.6 Å². The Labute approximate surface area is 93.0 Å². The average molecular weight is 228 g/mol. The van der Waals surface area contributed by atoms with Crippen molar-refractivity contribution in [3.05, 3.63) is 6.07 Å². The van der Waals surface area contributed by atoms with Gasteiger partial charge in [-0.3, -0.25) is 0 Å². The molecule has 1 aromatic heterocycles. The predicted octanol–water partition coefficient (Wildman–Crippen LogP) is -1.24. The first-order chi connectivity index (χ1) is 7.65. The number of ether oxygens (including phenoxy) is 1. The van der Waals surface area contributed by atoms with Gasteiger partial charge in [-0.1, -0.05) is 0 Å². The smallest absolute Gasteiger partial charge is 0.223 e. The van der Waals surface area contributed by atoms with Crippen molar-refractivity contribution in [2.45, 2.75) is 6.10 Å². The summed E-state index contributed by atoms with van der Waals surface area (Å²) in [6.07, 6.45) is -0.615. The fraction of sp³-hybridized carbons (Fsp3) is 0.500. The van der Waals surface area contributed by atoms with Crippen molar-refractivity contribution < 1.29 is 9.84 Å². The number of nitrogens with one attached hydrogen (secondary N) is 2. The second kappa shape index (κ2) is 6.05. The number of nitrogens with zero attached hydrogens (tertiary/aromatic N) is 2. The maximum Gasteiger partial charge on any atom is 0.223 e. The zero-order valence-corrected chi connectivity index (χ0v) is 8.97. The highest BCUT2D eigenvalue weighted by Crippen LogP contribution is 2.10. The number of hydrogen-bond acceptors (Lipinski definition) is 8. The van der Waals surface area contributed by atoms with E-state index >= 15 is 0 Å². The van der Waals surface area contributed by atoms with Gasteiger partial charge in [0.05, 0.1) is 12.7 Å². The number of aliphatic hydroxyl groups is 1. The number of hydrogen-bond donors (Lipinski definition) is 5. The van der Waals surface area contributed by atoms with Crippen molar-refractivity contribution in [1.82, 2.24) is 9.97 Å². The van der Waals surface area contributed by atoms with E-state index < -0.39 is 6.10 Å². The zero-order chi connectivity index (χ0) is 12.0. The molecule has 90 valence electrons. The summed E-state index contributed by atoms with van der Waals surface area (Å²) < 4.78 is 4.78. The van der Waals surface area contributed by atoms with Crippen molar-refractivity contribution in [2.24, 2.45) is 5.84 Å². The van der Waals surface area contributed by atoms with Crippen molar-refractivity contribution in [1.29, 1.82) is 0 Å². The lowest BCUT2D eigenvalue weighted by atomic mass is 10.3. The maximum absolute atomic E-state index is 9.40. The molecule has 0 aliphatic heterocycles. The molecule has 0 bridgehead atoms. The molecule has 0 fully saturated rings. The van der Waals surface area contributed by atoms with Gasteiger partial charge >= 0.3 is 0 Å². The molecule has 8 heteroatoms. The van der Waals surface area contributed by atoms with Gasteiger partial charge in [-0.25, -0.2) is 5.84 Å². The van der Waals surface area contributed by atoms with E-state index in [0.717, 1.165) is 0 Å². The number of nitrogen functional groups attached to an aromatic ring is 2. The quantitative estimate of drug-likeness (QED) is 0.302. The molecule has 7 N–H and O–H groups in total. The third-order valence-electron chi connectivity index (χ3n) is 1.77. The minimum Gasteiger partial charge on any atom is -0.389 e. The summed E-state index contributed by atoms with van der Waals surface area (Å²) in [5.74, 6) is 6.18. The van der Waals surface area contributed by atoms with Gasteiger partial charge in [0.15, 0.2) is 0 Å². The molecule has 0 saturated heterocycles. The molecule has 1 heterocycles.